The van der Waals surface area contributed by atoms with Gasteiger partial charge in [0.25, 0.3) is 0 Å². The highest BCUT2D eigenvalue weighted by molar-refractivity contribution is 6.30. The Morgan fingerprint density at radius 3 is 2.74 bits per heavy atom. The number of nitrogens with zero attached hydrogens (tertiary/aromatic N) is 2. The first-order valence-electron chi connectivity index (χ1n) is 10.7. The number of halogens is 1. The van der Waals surface area contributed by atoms with Crippen molar-refractivity contribution in [2.45, 2.75) is 69.4 Å². The van der Waals surface area contributed by atoms with Crippen LogP contribution in [0.3, 0.4) is 0 Å². The second-order valence-electron chi connectivity index (χ2n) is 8.51. The van der Waals surface area contributed by atoms with Crippen molar-refractivity contribution in [1.29, 1.82) is 0 Å². The molecule has 2 atom stereocenters. The van der Waals surface area contributed by atoms with E-state index < -0.39 is 0 Å². The maximum atomic E-state index is 12.7. The van der Waals surface area contributed by atoms with Crippen molar-refractivity contribution in [3.8, 4) is 0 Å². The van der Waals surface area contributed by atoms with E-state index in [9.17, 15) is 4.79 Å². The van der Waals surface area contributed by atoms with E-state index in [1.807, 2.05) is 6.07 Å². The van der Waals surface area contributed by atoms with Gasteiger partial charge in [-0.15, -0.1) is 0 Å². The van der Waals surface area contributed by atoms with Gasteiger partial charge in [0.15, 0.2) is 0 Å². The minimum absolute atomic E-state index is 0.255. The maximum Gasteiger partial charge on any atom is 0.241 e. The molecule has 27 heavy (non-hydrogen) atoms. The number of piperidine rings is 1. The van der Waals surface area contributed by atoms with Gasteiger partial charge in [-0.3, -0.25) is 14.6 Å². The number of amides is 1. The first-order valence-corrected chi connectivity index (χ1v) is 11.0. The molecule has 2 heterocycles. The van der Waals surface area contributed by atoms with Crippen molar-refractivity contribution in [3.63, 3.8) is 0 Å². The number of carbonyl (C=O) groups is 1. The summed E-state index contributed by atoms with van der Waals surface area (Å²) in [5.74, 6) is 0.821. The van der Waals surface area contributed by atoms with Crippen LogP contribution in [0, 0.1) is 0 Å². The number of hydrogen-bond donors (Lipinski definition) is 1. The summed E-state index contributed by atoms with van der Waals surface area (Å²) in [5.41, 5.74) is 1.13. The summed E-state index contributed by atoms with van der Waals surface area (Å²) in [5, 5.41) is 3.94. The second kappa shape index (κ2) is 8.10. The van der Waals surface area contributed by atoms with Gasteiger partial charge in [0.05, 0.1) is 6.67 Å². The lowest BCUT2D eigenvalue weighted by molar-refractivity contribution is -0.129. The van der Waals surface area contributed by atoms with E-state index in [1.54, 1.807) is 0 Å². The molecule has 1 aromatic carbocycles. The van der Waals surface area contributed by atoms with E-state index in [2.05, 4.69) is 40.2 Å². The van der Waals surface area contributed by atoms with E-state index in [4.69, 9.17) is 11.6 Å². The number of rotatable bonds is 4. The third-order valence-electron chi connectivity index (χ3n) is 7.05. The summed E-state index contributed by atoms with van der Waals surface area (Å²) in [6.45, 7) is 5.97. The number of nitrogens with one attached hydrogen (secondary N) is 1. The van der Waals surface area contributed by atoms with Crippen LogP contribution in [0.2, 0.25) is 5.02 Å². The molecule has 1 spiro atoms. The van der Waals surface area contributed by atoms with Crippen LogP contribution in [0.4, 0.5) is 0 Å². The third-order valence-corrected chi connectivity index (χ3v) is 7.29. The number of hydrogen-bond acceptors (Lipinski definition) is 3. The van der Waals surface area contributed by atoms with E-state index in [-0.39, 0.29) is 11.4 Å². The van der Waals surface area contributed by atoms with Gasteiger partial charge in [-0.1, -0.05) is 43.5 Å². The average molecular weight is 390 g/mol. The fourth-order valence-electron chi connectivity index (χ4n) is 5.63. The number of likely N-dealkylation sites (tertiary alicyclic amines) is 1. The fourth-order valence-corrected chi connectivity index (χ4v) is 5.83. The molecule has 2 saturated heterocycles. The smallest absolute Gasteiger partial charge is 0.241 e. The number of carbonyl (C=O) groups excluding carboxylic acids is 1. The van der Waals surface area contributed by atoms with E-state index in [0.717, 1.165) is 50.6 Å². The molecular formula is C22H32ClN3O. The van der Waals surface area contributed by atoms with Gasteiger partial charge in [0, 0.05) is 30.7 Å². The van der Waals surface area contributed by atoms with Crippen LogP contribution in [0.1, 0.15) is 63.4 Å². The zero-order valence-electron chi connectivity index (χ0n) is 16.4. The normalized spacial score (nSPS) is 29.2. The van der Waals surface area contributed by atoms with E-state index in [1.165, 1.54) is 31.2 Å². The largest absolute Gasteiger partial charge is 0.342 e. The van der Waals surface area contributed by atoms with Crippen LogP contribution < -0.4 is 5.32 Å². The SMILES string of the molecule is CCCN1CNC(=O)C12CCN(C1CCCCC1c1cccc(Cl)c1)CC2. The molecule has 1 saturated carbocycles. The molecule has 1 aliphatic carbocycles. The lowest BCUT2D eigenvalue weighted by atomic mass is 9.77. The van der Waals surface area contributed by atoms with Crippen molar-refractivity contribution >= 4 is 17.5 Å². The predicted octanol–water partition coefficient (Wildman–Crippen LogP) is 4.00. The molecule has 148 valence electrons. The highest BCUT2D eigenvalue weighted by atomic mass is 35.5. The Morgan fingerprint density at radius 2 is 2.00 bits per heavy atom. The minimum atomic E-state index is -0.257. The molecule has 0 aromatic heterocycles. The quantitative estimate of drug-likeness (QED) is 0.845. The maximum absolute atomic E-state index is 12.7. The molecule has 0 bridgehead atoms. The topological polar surface area (TPSA) is 35.6 Å². The van der Waals surface area contributed by atoms with Crippen LogP contribution >= 0.6 is 11.6 Å². The molecule has 0 radical (unpaired) electrons. The Bertz CT molecular complexity index is 671. The number of benzene rings is 1. The zero-order valence-corrected chi connectivity index (χ0v) is 17.2. The fraction of sp³-hybridized carbons (Fsp3) is 0.682. The molecular weight excluding hydrogens is 358 g/mol. The van der Waals surface area contributed by atoms with Crippen LogP contribution in [0.5, 0.6) is 0 Å². The molecule has 4 nitrogen and oxygen atoms in total. The molecule has 1 amide bonds. The standard InChI is InChI=1S/C22H32ClN3O/c1-2-12-26-16-24-21(27)22(26)10-13-25(14-11-22)20-9-4-3-8-19(20)17-6-5-7-18(23)15-17/h5-7,15,19-20H,2-4,8-14,16H2,1H3,(H,24,27). The van der Waals surface area contributed by atoms with Crippen LogP contribution in [0.25, 0.3) is 0 Å². The second-order valence-corrected chi connectivity index (χ2v) is 8.94. The predicted molar refractivity (Wildman–Crippen MR) is 110 cm³/mol. The molecule has 3 fully saturated rings. The van der Waals surface area contributed by atoms with Crippen LogP contribution in [0.15, 0.2) is 24.3 Å². The summed E-state index contributed by atoms with van der Waals surface area (Å²) in [6, 6.07) is 9.03. The van der Waals surface area contributed by atoms with Crippen molar-refractivity contribution in [2.75, 3.05) is 26.3 Å². The lowest BCUT2D eigenvalue weighted by Gasteiger charge is -2.47. The average Bonchev–Trinajstić information content (AvgIpc) is 2.98. The molecule has 5 heteroatoms. The summed E-state index contributed by atoms with van der Waals surface area (Å²) >= 11 is 6.28. The Balaban J connectivity index is 1.48. The third kappa shape index (κ3) is 3.64. The lowest BCUT2D eigenvalue weighted by Crippen LogP contribution is -2.58. The molecule has 4 rings (SSSR count). The Labute approximate surface area is 168 Å². The Kier molecular flexibility index (Phi) is 5.77. The van der Waals surface area contributed by atoms with Crippen molar-refractivity contribution < 1.29 is 4.79 Å². The molecule has 3 aliphatic rings. The van der Waals surface area contributed by atoms with Gasteiger partial charge in [-0.25, -0.2) is 0 Å². The first-order chi connectivity index (χ1) is 13.1. The molecule has 2 aliphatic heterocycles. The van der Waals surface area contributed by atoms with E-state index >= 15 is 0 Å². The highest BCUT2D eigenvalue weighted by Crippen LogP contribution is 2.40. The summed E-state index contributed by atoms with van der Waals surface area (Å²) < 4.78 is 0. The van der Waals surface area contributed by atoms with Crippen LogP contribution in [-0.2, 0) is 4.79 Å². The van der Waals surface area contributed by atoms with Gasteiger partial charge >= 0.3 is 0 Å². The van der Waals surface area contributed by atoms with Crippen LogP contribution in [-0.4, -0.2) is 53.6 Å². The van der Waals surface area contributed by atoms with Gasteiger partial charge in [-0.05, 0) is 55.7 Å². The van der Waals surface area contributed by atoms with Gasteiger partial charge < -0.3 is 5.32 Å². The summed E-state index contributed by atoms with van der Waals surface area (Å²) in [4.78, 5) is 17.7. The zero-order chi connectivity index (χ0) is 18.9. The highest BCUT2D eigenvalue weighted by Gasteiger charge is 2.50. The molecule has 1 aromatic rings. The first kappa shape index (κ1) is 19.2. The van der Waals surface area contributed by atoms with Gasteiger partial charge in [0.1, 0.15) is 5.54 Å². The Morgan fingerprint density at radius 1 is 1.22 bits per heavy atom. The minimum Gasteiger partial charge on any atom is -0.342 e. The molecule has 1 N–H and O–H groups in total. The van der Waals surface area contributed by atoms with Crippen molar-refractivity contribution in [1.82, 2.24) is 15.1 Å². The van der Waals surface area contributed by atoms with Gasteiger partial charge in [0.2, 0.25) is 5.91 Å². The van der Waals surface area contributed by atoms with E-state index in [0.29, 0.717) is 12.0 Å². The van der Waals surface area contributed by atoms with Crippen molar-refractivity contribution in [3.05, 3.63) is 34.9 Å². The monoisotopic (exact) mass is 389 g/mol. The van der Waals surface area contributed by atoms with Gasteiger partial charge in [-0.2, -0.15) is 0 Å². The summed E-state index contributed by atoms with van der Waals surface area (Å²) in [6.07, 6.45) is 8.13. The Hall–Kier alpha value is -1.10. The van der Waals surface area contributed by atoms with Crippen molar-refractivity contribution in [2.24, 2.45) is 0 Å². The molecule has 2 unspecified atom stereocenters. The summed E-state index contributed by atoms with van der Waals surface area (Å²) in [7, 11) is 0.